The van der Waals surface area contributed by atoms with E-state index in [-0.39, 0.29) is 5.92 Å². The van der Waals surface area contributed by atoms with Crippen LogP contribution >= 0.6 is 11.6 Å². The van der Waals surface area contributed by atoms with Gasteiger partial charge in [0, 0.05) is 32.2 Å². The first-order valence-electron chi connectivity index (χ1n) is 6.33. The van der Waals surface area contributed by atoms with Gasteiger partial charge >= 0.3 is 0 Å². The van der Waals surface area contributed by atoms with Crippen molar-refractivity contribution in [3.63, 3.8) is 0 Å². The van der Waals surface area contributed by atoms with Gasteiger partial charge in [0.1, 0.15) is 17.3 Å². The van der Waals surface area contributed by atoms with Crippen LogP contribution in [0, 0.1) is 0 Å². The Morgan fingerprint density at radius 2 is 2.16 bits per heavy atom. The molecule has 0 saturated carbocycles. The topological polar surface area (TPSA) is 67.3 Å². The number of methoxy groups -OCH3 is 1. The van der Waals surface area contributed by atoms with E-state index >= 15 is 0 Å². The molecule has 0 spiro atoms. The molecule has 1 rings (SSSR count). The van der Waals surface area contributed by atoms with Gasteiger partial charge in [-0.3, -0.25) is 0 Å². The van der Waals surface area contributed by atoms with Crippen LogP contribution in [0.25, 0.3) is 0 Å². The third kappa shape index (κ3) is 4.93. The highest BCUT2D eigenvalue weighted by Gasteiger charge is 2.21. The van der Waals surface area contributed by atoms with Crippen molar-refractivity contribution in [1.29, 1.82) is 0 Å². The van der Waals surface area contributed by atoms with E-state index in [1.807, 2.05) is 13.8 Å². The Labute approximate surface area is 119 Å². The van der Waals surface area contributed by atoms with E-state index in [2.05, 4.69) is 15.3 Å². The van der Waals surface area contributed by atoms with E-state index in [4.69, 9.17) is 16.3 Å². The summed E-state index contributed by atoms with van der Waals surface area (Å²) in [4.78, 5) is 8.18. The van der Waals surface area contributed by atoms with Gasteiger partial charge < -0.3 is 15.2 Å². The number of hydrogen-bond acceptors (Lipinski definition) is 5. The molecule has 0 aliphatic rings. The zero-order chi connectivity index (χ0) is 14.5. The lowest BCUT2D eigenvalue weighted by molar-refractivity contribution is 0.0357. The van der Waals surface area contributed by atoms with Crippen molar-refractivity contribution in [2.24, 2.45) is 0 Å². The van der Waals surface area contributed by atoms with Crippen LogP contribution < -0.4 is 5.32 Å². The lowest BCUT2D eigenvalue weighted by Gasteiger charge is -2.24. The average Bonchev–Trinajstić information content (AvgIpc) is 2.33. The molecular weight excluding hydrogens is 266 g/mol. The Morgan fingerprint density at radius 1 is 1.47 bits per heavy atom. The molecule has 0 saturated heterocycles. The van der Waals surface area contributed by atoms with Gasteiger partial charge in [-0.05, 0) is 12.8 Å². The summed E-state index contributed by atoms with van der Waals surface area (Å²) in [7, 11) is 1.62. The summed E-state index contributed by atoms with van der Waals surface area (Å²) in [5, 5.41) is 13.8. The molecule has 0 aromatic carbocycles. The van der Waals surface area contributed by atoms with Crippen LogP contribution in [-0.2, 0) is 4.74 Å². The molecule has 0 aliphatic heterocycles. The molecule has 1 aromatic heterocycles. The molecule has 19 heavy (non-hydrogen) atoms. The molecule has 1 aromatic rings. The lowest BCUT2D eigenvalue weighted by atomic mass is 10.0. The maximum Gasteiger partial charge on any atom is 0.138 e. The molecule has 0 amide bonds. The summed E-state index contributed by atoms with van der Waals surface area (Å²) in [5.74, 6) is 0.882. The van der Waals surface area contributed by atoms with Crippen LogP contribution in [0.5, 0.6) is 0 Å². The highest BCUT2D eigenvalue weighted by atomic mass is 35.5. The molecule has 1 unspecified atom stereocenters. The number of halogens is 1. The Kier molecular flexibility index (Phi) is 5.97. The van der Waals surface area contributed by atoms with Crippen LogP contribution in [0.2, 0.25) is 5.15 Å². The lowest BCUT2D eigenvalue weighted by Crippen LogP contribution is -2.35. The quantitative estimate of drug-likeness (QED) is 0.754. The first-order chi connectivity index (χ1) is 8.87. The SMILES string of the molecule is COCCC(C)(O)CNc1ncnc(Cl)c1C(C)C. The fraction of sp³-hybridized carbons (Fsp3) is 0.692. The molecule has 0 fully saturated rings. The minimum Gasteiger partial charge on any atom is -0.388 e. The maximum atomic E-state index is 10.2. The molecule has 0 aliphatic carbocycles. The van der Waals surface area contributed by atoms with E-state index in [0.717, 1.165) is 5.56 Å². The van der Waals surface area contributed by atoms with E-state index in [9.17, 15) is 5.11 Å². The Hall–Kier alpha value is -0.910. The third-order valence-electron chi connectivity index (χ3n) is 2.89. The van der Waals surface area contributed by atoms with Crippen LogP contribution in [-0.4, -0.2) is 40.9 Å². The Morgan fingerprint density at radius 3 is 2.74 bits per heavy atom. The summed E-state index contributed by atoms with van der Waals surface area (Å²) < 4.78 is 4.98. The maximum absolute atomic E-state index is 10.2. The van der Waals surface area contributed by atoms with Crippen LogP contribution in [0.15, 0.2) is 6.33 Å². The number of nitrogens with zero attached hydrogens (tertiary/aromatic N) is 2. The minimum absolute atomic E-state index is 0.208. The average molecular weight is 288 g/mol. The molecule has 5 nitrogen and oxygen atoms in total. The minimum atomic E-state index is -0.859. The Balaban J connectivity index is 2.75. The number of aliphatic hydroxyl groups is 1. The first kappa shape index (κ1) is 16.1. The zero-order valence-corrected chi connectivity index (χ0v) is 12.7. The summed E-state index contributed by atoms with van der Waals surface area (Å²) in [6, 6.07) is 0. The van der Waals surface area contributed by atoms with Gasteiger partial charge in [0.2, 0.25) is 0 Å². The van der Waals surface area contributed by atoms with E-state index < -0.39 is 5.60 Å². The van der Waals surface area contributed by atoms with Gasteiger partial charge in [0.15, 0.2) is 0 Å². The highest BCUT2D eigenvalue weighted by molar-refractivity contribution is 6.30. The van der Waals surface area contributed by atoms with Crippen LogP contribution in [0.4, 0.5) is 5.82 Å². The molecule has 0 radical (unpaired) electrons. The Bertz CT molecular complexity index is 411. The summed E-state index contributed by atoms with van der Waals surface area (Å²) in [6.07, 6.45) is 1.97. The molecular formula is C13H22ClN3O2. The fourth-order valence-electron chi connectivity index (χ4n) is 1.71. The van der Waals surface area contributed by atoms with Gasteiger partial charge in [0.25, 0.3) is 0 Å². The molecule has 6 heteroatoms. The standard InChI is InChI=1S/C13H22ClN3O2/c1-9(2)10-11(14)16-8-17-12(10)15-7-13(3,18)5-6-19-4/h8-9,18H,5-7H2,1-4H3,(H,15,16,17). The van der Waals surface area contributed by atoms with Crippen molar-refractivity contribution in [3.05, 3.63) is 17.0 Å². The third-order valence-corrected chi connectivity index (χ3v) is 3.20. The van der Waals surface area contributed by atoms with Crippen LogP contribution in [0.3, 0.4) is 0 Å². The second kappa shape index (κ2) is 7.03. The predicted octanol–water partition coefficient (Wildman–Crippen LogP) is 2.45. The van der Waals surface area contributed by atoms with Crippen molar-refractivity contribution in [2.45, 2.75) is 38.7 Å². The summed E-state index contributed by atoms with van der Waals surface area (Å²) >= 11 is 6.08. The van der Waals surface area contributed by atoms with E-state index in [1.165, 1.54) is 6.33 Å². The van der Waals surface area contributed by atoms with Crippen molar-refractivity contribution >= 4 is 17.4 Å². The van der Waals surface area contributed by atoms with E-state index in [0.29, 0.717) is 30.5 Å². The second-order valence-corrected chi connectivity index (χ2v) is 5.53. The van der Waals surface area contributed by atoms with Crippen molar-refractivity contribution in [2.75, 3.05) is 25.6 Å². The molecule has 1 heterocycles. The fourth-order valence-corrected chi connectivity index (χ4v) is 2.06. The zero-order valence-electron chi connectivity index (χ0n) is 11.9. The van der Waals surface area contributed by atoms with Crippen molar-refractivity contribution in [1.82, 2.24) is 9.97 Å². The number of nitrogens with one attached hydrogen (secondary N) is 1. The number of rotatable bonds is 7. The normalized spacial score (nSPS) is 14.5. The van der Waals surface area contributed by atoms with Crippen molar-refractivity contribution in [3.8, 4) is 0 Å². The first-order valence-corrected chi connectivity index (χ1v) is 6.71. The van der Waals surface area contributed by atoms with E-state index in [1.54, 1.807) is 14.0 Å². The summed E-state index contributed by atoms with van der Waals surface area (Å²) in [5.41, 5.74) is 0.00788. The molecule has 2 N–H and O–H groups in total. The molecule has 1 atom stereocenters. The van der Waals surface area contributed by atoms with Crippen molar-refractivity contribution < 1.29 is 9.84 Å². The van der Waals surface area contributed by atoms with Gasteiger partial charge in [-0.25, -0.2) is 9.97 Å². The summed E-state index contributed by atoms with van der Waals surface area (Å²) in [6.45, 7) is 6.70. The van der Waals surface area contributed by atoms with Gasteiger partial charge in [0.05, 0.1) is 5.60 Å². The smallest absolute Gasteiger partial charge is 0.138 e. The van der Waals surface area contributed by atoms with Crippen LogP contribution in [0.1, 0.15) is 38.7 Å². The molecule has 108 valence electrons. The van der Waals surface area contributed by atoms with Gasteiger partial charge in [-0.2, -0.15) is 0 Å². The number of anilines is 1. The van der Waals surface area contributed by atoms with Gasteiger partial charge in [-0.1, -0.05) is 25.4 Å². The highest BCUT2D eigenvalue weighted by Crippen LogP contribution is 2.28. The number of aromatic nitrogens is 2. The number of hydrogen-bond donors (Lipinski definition) is 2. The largest absolute Gasteiger partial charge is 0.388 e. The number of ether oxygens (including phenoxy) is 1. The predicted molar refractivity (Wildman–Crippen MR) is 76.7 cm³/mol. The van der Waals surface area contributed by atoms with Gasteiger partial charge in [-0.15, -0.1) is 0 Å². The second-order valence-electron chi connectivity index (χ2n) is 5.17. The monoisotopic (exact) mass is 287 g/mol. The molecule has 0 bridgehead atoms.